The maximum absolute atomic E-state index is 5.12. The van der Waals surface area contributed by atoms with Crippen LogP contribution in [-0.2, 0) is 0 Å². The molecule has 2 heteroatoms. The van der Waals surface area contributed by atoms with Crippen LogP contribution in [0.4, 0.5) is 0 Å². The molecule has 0 amide bonds. The first-order valence-corrected chi connectivity index (χ1v) is 6.12. The molecule has 0 aliphatic heterocycles. The minimum absolute atomic E-state index is 0.872. The van der Waals surface area contributed by atoms with E-state index in [0.29, 0.717) is 0 Å². The highest BCUT2D eigenvalue weighted by Gasteiger charge is 1.98. The molecule has 0 aliphatic rings. The lowest BCUT2D eigenvalue weighted by Gasteiger charge is -2.05. The molecule has 0 saturated carbocycles. The first-order chi connectivity index (χ1) is 8.83. The zero-order valence-corrected chi connectivity index (χ0v) is 11.4. The average Bonchev–Trinajstić information content (AvgIpc) is 2.49. The molecular weight excluding hydrogens is 224 g/mol. The molecule has 2 nitrogen and oxygen atoms in total. The van der Waals surface area contributed by atoms with E-state index in [4.69, 9.17) is 9.47 Å². The second-order valence-electron chi connectivity index (χ2n) is 3.46. The fourth-order valence-corrected chi connectivity index (χ4v) is 1.57. The van der Waals surface area contributed by atoms with Crippen LogP contribution in [0.2, 0.25) is 0 Å². The molecule has 0 bridgehead atoms. The van der Waals surface area contributed by atoms with Gasteiger partial charge in [-0.15, -0.1) is 0 Å². The van der Waals surface area contributed by atoms with Gasteiger partial charge in [-0.1, -0.05) is 38.1 Å². The van der Waals surface area contributed by atoms with Gasteiger partial charge in [0.25, 0.3) is 0 Å². The standard InChI is InChI=1S/C14H14O2.C2H6/c1-15-13-7-3-11(4-8-13)12-5-9-14(16-2)10-6-12;1-2/h3-10H,1-2H3;1-2H3. The van der Waals surface area contributed by atoms with Gasteiger partial charge in [-0.25, -0.2) is 0 Å². The number of hydrogen-bond acceptors (Lipinski definition) is 2. The Kier molecular flexibility index (Phi) is 5.78. The molecule has 0 unspecified atom stereocenters. The van der Waals surface area contributed by atoms with E-state index in [1.807, 2.05) is 62.4 Å². The van der Waals surface area contributed by atoms with Gasteiger partial charge in [-0.2, -0.15) is 0 Å². The number of hydrogen-bond donors (Lipinski definition) is 0. The van der Waals surface area contributed by atoms with E-state index in [1.54, 1.807) is 14.2 Å². The van der Waals surface area contributed by atoms with E-state index in [1.165, 1.54) is 11.1 Å². The molecule has 0 fully saturated rings. The van der Waals surface area contributed by atoms with Crippen molar-refractivity contribution in [1.82, 2.24) is 0 Å². The quantitative estimate of drug-likeness (QED) is 0.796. The third kappa shape index (κ3) is 3.52. The molecule has 0 saturated heterocycles. The minimum Gasteiger partial charge on any atom is -0.497 e. The van der Waals surface area contributed by atoms with Crippen molar-refractivity contribution < 1.29 is 9.47 Å². The van der Waals surface area contributed by atoms with Crippen LogP contribution < -0.4 is 9.47 Å². The summed E-state index contributed by atoms with van der Waals surface area (Å²) in [5, 5.41) is 0. The van der Waals surface area contributed by atoms with Crippen molar-refractivity contribution in [2.75, 3.05) is 14.2 Å². The molecule has 0 atom stereocenters. The fraction of sp³-hybridized carbons (Fsp3) is 0.250. The summed E-state index contributed by atoms with van der Waals surface area (Å²) in [5.41, 5.74) is 2.34. The highest BCUT2D eigenvalue weighted by molar-refractivity contribution is 5.64. The van der Waals surface area contributed by atoms with Gasteiger partial charge in [-0.05, 0) is 35.4 Å². The molecule has 0 N–H and O–H groups in total. The van der Waals surface area contributed by atoms with E-state index in [9.17, 15) is 0 Å². The lowest BCUT2D eigenvalue weighted by molar-refractivity contribution is 0.414. The topological polar surface area (TPSA) is 18.5 Å². The van der Waals surface area contributed by atoms with E-state index >= 15 is 0 Å². The zero-order valence-electron chi connectivity index (χ0n) is 11.4. The summed E-state index contributed by atoms with van der Waals surface area (Å²) in [5.74, 6) is 1.74. The molecule has 0 radical (unpaired) electrons. The Morgan fingerprint density at radius 1 is 0.556 bits per heavy atom. The van der Waals surface area contributed by atoms with Crippen LogP contribution in [0.15, 0.2) is 48.5 Å². The first-order valence-electron chi connectivity index (χ1n) is 6.12. The Hall–Kier alpha value is -1.96. The van der Waals surface area contributed by atoms with Crippen molar-refractivity contribution in [3.63, 3.8) is 0 Å². The maximum atomic E-state index is 5.12. The summed E-state index contributed by atoms with van der Waals surface area (Å²) in [4.78, 5) is 0. The van der Waals surface area contributed by atoms with Crippen LogP contribution in [-0.4, -0.2) is 14.2 Å². The second-order valence-corrected chi connectivity index (χ2v) is 3.46. The first kappa shape index (κ1) is 14.1. The maximum Gasteiger partial charge on any atom is 0.118 e. The molecule has 0 spiro atoms. The van der Waals surface area contributed by atoms with Crippen LogP contribution in [0.25, 0.3) is 11.1 Å². The minimum atomic E-state index is 0.872. The summed E-state index contributed by atoms with van der Waals surface area (Å²) >= 11 is 0. The molecule has 0 heterocycles. The van der Waals surface area contributed by atoms with Crippen LogP contribution in [0, 0.1) is 0 Å². The fourth-order valence-electron chi connectivity index (χ4n) is 1.57. The number of ether oxygens (including phenoxy) is 2. The highest BCUT2D eigenvalue weighted by Crippen LogP contribution is 2.24. The second kappa shape index (κ2) is 7.38. The van der Waals surface area contributed by atoms with Gasteiger partial charge in [-0.3, -0.25) is 0 Å². The highest BCUT2D eigenvalue weighted by atomic mass is 16.5. The van der Waals surface area contributed by atoms with Crippen molar-refractivity contribution >= 4 is 0 Å². The van der Waals surface area contributed by atoms with Gasteiger partial charge >= 0.3 is 0 Å². The smallest absolute Gasteiger partial charge is 0.118 e. The van der Waals surface area contributed by atoms with Crippen molar-refractivity contribution in [2.24, 2.45) is 0 Å². The lowest BCUT2D eigenvalue weighted by Crippen LogP contribution is -1.84. The third-order valence-corrected chi connectivity index (χ3v) is 2.51. The Bertz CT molecular complexity index is 398. The molecule has 18 heavy (non-hydrogen) atoms. The van der Waals surface area contributed by atoms with Crippen LogP contribution >= 0.6 is 0 Å². The average molecular weight is 244 g/mol. The van der Waals surface area contributed by atoms with E-state index in [2.05, 4.69) is 0 Å². The van der Waals surface area contributed by atoms with Gasteiger partial charge in [0.15, 0.2) is 0 Å². The number of methoxy groups -OCH3 is 2. The Labute approximate surface area is 109 Å². The monoisotopic (exact) mass is 244 g/mol. The largest absolute Gasteiger partial charge is 0.497 e. The molecular formula is C16H20O2. The Balaban J connectivity index is 0.000000771. The van der Waals surface area contributed by atoms with Gasteiger partial charge in [0, 0.05) is 0 Å². The summed E-state index contributed by atoms with van der Waals surface area (Å²) < 4.78 is 10.2. The molecule has 0 aromatic heterocycles. The van der Waals surface area contributed by atoms with Crippen molar-refractivity contribution in [1.29, 1.82) is 0 Å². The summed E-state index contributed by atoms with van der Waals surface area (Å²) in [6, 6.07) is 16.0. The van der Waals surface area contributed by atoms with Gasteiger partial charge in [0.05, 0.1) is 14.2 Å². The van der Waals surface area contributed by atoms with E-state index < -0.39 is 0 Å². The van der Waals surface area contributed by atoms with Gasteiger partial charge in [0.1, 0.15) is 11.5 Å². The van der Waals surface area contributed by atoms with Gasteiger partial charge in [0.2, 0.25) is 0 Å². The number of rotatable bonds is 3. The summed E-state index contributed by atoms with van der Waals surface area (Å²) in [7, 11) is 3.34. The third-order valence-electron chi connectivity index (χ3n) is 2.51. The van der Waals surface area contributed by atoms with Crippen LogP contribution in [0.1, 0.15) is 13.8 Å². The van der Waals surface area contributed by atoms with Crippen molar-refractivity contribution in [3.8, 4) is 22.6 Å². The van der Waals surface area contributed by atoms with E-state index in [-0.39, 0.29) is 0 Å². The predicted molar refractivity (Wildman–Crippen MR) is 76.3 cm³/mol. The van der Waals surface area contributed by atoms with E-state index in [0.717, 1.165) is 11.5 Å². The van der Waals surface area contributed by atoms with Crippen molar-refractivity contribution in [3.05, 3.63) is 48.5 Å². The van der Waals surface area contributed by atoms with Crippen LogP contribution in [0.5, 0.6) is 11.5 Å². The van der Waals surface area contributed by atoms with Gasteiger partial charge < -0.3 is 9.47 Å². The molecule has 2 rings (SSSR count). The predicted octanol–water partition coefficient (Wildman–Crippen LogP) is 4.40. The Morgan fingerprint density at radius 3 is 1.06 bits per heavy atom. The molecule has 96 valence electrons. The molecule has 0 aliphatic carbocycles. The lowest BCUT2D eigenvalue weighted by atomic mass is 10.1. The normalized spacial score (nSPS) is 9.11. The SMILES string of the molecule is CC.COc1ccc(-c2ccc(OC)cc2)cc1. The summed E-state index contributed by atoms with van der Waals surface area (Å²) in [6.45, 7) is 4.00. The number of benzene rings is 2. The molecule has 2 aromatic rings. The summed E-state index contributed by atoms with van der Waals surface area (Å²) in [6.07, 6.45) is 0. The Morgan fingerprint density at radius 2 is 0.833 bits per heavy atom. The molecule has 2 aromatic carbocycles. The zero-order chi connectivity index (χ0) is 13.4. The van der Waals surface area contributed by atoms with Crippen molar-refractivity contribution in [2.45, 2.75) is 13.8 Å². The van der Waals surface area contributed by atoms with Crippen LogP contribution in [0.3, 0.4) is 0 Å².